The molecule has 0 unspecified atom stereocenters. The van der Waals surface area contributed by atoms with Gasteiger partial charge in [0.15, 0.2) is 5.78 Å². The van der Waals surface area contributed by atoms with Crippen molar-refractivity contribution in [2.75, 3.05) is 13.1 Å². The van der Waals surface area contributed by atoms with Gasteiger partial charge in [0.2, 0.25) is 0 Å². The number of fused-ring (bicyclic) bond motifs is 1. The summed E-state index contributed by atoms with van der Waals surface area (Å²) >= 11 is 0. The second-order valence-corrected chi connectivity index (χ2v) is 7.46. The van der Waals surface area contributed by atoms with Gasteiger partial charge in [-0.05, 0) is 74.9 Å². The number of likely N-dealkylation sites (tertiary alicyclic amines) is 1. The number of ketones is 1. The molecule has 136 valence electrons. The number of piperidine rings is 1. The Morgan fingerprint density at radius 2 is 1.92 bits per heavy atom. The second-order valence-electron chi connectivity index (χ2n) is 7.46. The minimum absolute atomic E-state index is 0.264. The number of carbonyl (C=O) groups is 1. The van der Waals surface area contributed by atoms with E-state index in [2.05, 4.69) is 49.0 Å². The normalized spacial score (nSPS) is 16.8. The number of hydrogen-bond acceptors (Lipinski definition) is 2. The van der Waals surface area contributed by atoms with Crippen LogP contribution in [-0.4, -0.2) is 34.8 Å². The average Bonchev–Trinajstić information content (AvgIpc) is 3.07. The molecule has 1 aromatic carbocycles. The quantitative estimate of drug-likeness (QED) is 0.674. The van der Waals surface area contributed by atoms with E-state index in [9.17, 15) is 4.79 Å². The molecule has 2 heterocycles. The van der Waals surface area contributed by atoms with Gasteiger partial charge in [0.25, 0.3) is 0 Å². The van der Waals surface area contributed by atoms with Crippen molar-refractivity contribution in [2.24, 2.45) is 0 Å². The lowest BCUT2D eigenvalue weighted by Crippen LogP contribution is -2.40. The summed E-state index contributed by atoms with van der Waals surface area (Å²) in [6, 6.07) is 6.89. The number of H-pyrrole nitrogens is 1. The summed E-state index contributed by atoms with van der Waals surface area (Å²) in [7, 11) is 0. The zero-order chi connectivity index (χ0) is 17.8. The SMILES string of the molecule is CCCC(=O)c1ccc2[nH]cc(C3CCN(C(CC)CC)CC3)c2c1. The molecule has 0 spiro atoms. The third-order valence-corrected chi connectivity index (χ3v) is 5.94. The molecule has 25 heavy (non-hydrogen) atoms. The molecule has 0 aliphatic carbocycles. The van der Waals surface area contributed by atoms with Crippen LogP contribution < -0.4 is 0 Å². The number of hydrogen-bond donors (Lipinski definition) is 1. The van der Waals surface area contributed by atoms with Gasteiger partial charge >= 0.3 is 0 Å². The molecule has 0 amide bonds. The fourth-order valence-corrected chi connectivity index (χ4v) is 4.41. The largest absolute Gasteiger partial charge is 0.361 e. The van der Waals surface area contributed by atoms with Crippen molar-refractivity contribution in [3.63, 3.8) is 0 Å². The van der Waals surface area contributed by atoms with Crippen molar-refractivity contribution < 1.29 is 4.79 Å². The number of Topliss-reactive ketones (excluding diaryl/α,β-unsaturated/α-hetero) is 1. The van der Waals surface area contributed by atoms with Gasteiger partial charge in [-0.25, -0.2) is 0 Å². The first kappa shape index (κ1) is 18.2. The monoisotopic (exact) mass is 340 g/mol. The van der Waals surface area contributed by atoms with Gasteiger partial charge in [-0.2, -0.15) is 0 Å². The van der Waals surface area contributed by atoms with Crippen LogP contribution in [0, 0.1) is 0 Å². The molecule has 3 nitrogen and oxygen atoms in total. The molecule has 1 fully saturated rings. The van der Waals surface area contributed by atoms with Gasteiger partial charge in [0.05, 0.1) is 0 Å². The Bertz CT molecular complexity index is 706. The van der Waals surface area contributed by atoms with E-state index in [1.807, 2.05) is 6.07 Å². The van der Waals surface area contributed by atoms with E-state index in [1.165, 1.54) is 49.7 Å². The Morgan fingerprint density at radius 3 is 2.56 bits per heavy atom. The third kappa shape index (κ3) is 3.82. The van der Waals surface area contributed by atoms with Crippen LogP contribution in [0.15, 0.2) is 24.4 Å². The lowest BCUT2D eigenvalue weighted by Gasteiger charge is -2.37. The second kappa shape index (κ2) is 8.18. The van der Waals surface area contributed by atoms with Crippen molar-refractivity contribution in [1.82, 2.24) is 9.88 Å². The number of aromatic amines is 1. The van der Waals surface area contributed by atoms with Crippen LogP contribution in [0.25, 0.3) is 10.9 Å². The van der Waals surface area contributed by atoms with Gasteiger partial charge in [-0.1, -0.05) is 20.8 Å². The molecule has 0 saturated carbocycles. The molecule has 1 aliphatic rings. The Morgan fingerprint density at radius 1 is 1.20 bits per heavy atom. The molecule has 2 aromatic rings. The van der Waals surface area contributed by atoms with E-state index in [-0.39, 0.29) is 5.78 Å². The van der Waals surface area contributed by atoms with Crippen molar-refractivity contribution in [2.45, 2.75) is 71.3 Å². The standard InChI is InChI=1S/C22H32N2O/c1-4-7-22(25)17-8-9-21-19(14-17)20(15-23-21)16-10-12-24(13-11-16)18(5-2)6-3/h8-9,14-16,18,23H,4-7,10-13H2,1-3H3. The summed E-state index contributed by atoms with van der Waals surface area (Å²) in [6.45, 7) is 9.05. The first-order chi connectivity index (χ1) is 12.2. The van der Waals surface area contributed by atoms with Crippen LogP contribution in [0.2, 0.25) is 0 Å². The Kier molecular flexibility index (Phi) is 5.95. The van der Waals surface area contributed by atoms with Gasteiger partial charge in [-0.15, -0.1) is 0 Å². The molecule has 1 aliphatic heterocycles. The van der Waals surface area contributed by atoms with Crippen molar-refractivity contribution in [1.29, 1.82) is 0 Å². The summed E-state index contributed by atoms with van der Waals surface area (Å²) in [6.07, 6.45) is 8.65. The van der Waals surface area contributed by atoms with Crippen LogP contribution in [0.1, 0.15) is 81.1 Å². The highest BCUT2D eigenvalue weighted by molar-refractivity contribution is 6.00. The zero-order valence-electron chi connectivity index (χ0n) is 16.0. The van der Waals surface area contributed by atoms with Gasteiger partial charge < -0.3 is 9.88 Å². The lowest BCUT2D eigenvalue weighted by atomic mass is 9.87. The predicted molar refractivity (Wildman–Crippen MR) is 105 cm³/mol. The number of aromatic nitrogens is 1. The fourth-order valence-electron chi connectivity index (χ4n) is 4.41. The van der Waals surface area contributed by atoms with Crippen LogP contribution in [0.5, 0.6) is 0 Å². The Labute approximate surface area is 151 Å². The molecule has 0 atom stereocenters. The highest BCUT2D eigenvalue weighted by Gasteiger charge is 2.25. The van der Waals surface area contributed by atoms with Crippen LogP contribution in [0.3, 0.4) is 0 Å². The van der Waals surface area contributed by atoms with E-state index < -0.39 is 0 Å². The molecule has 0 bridgehead atoms. The Balaban J connectivity index is 1.78. The summed E-state index contributed by atoms with van der Waals surface area (Å²) < 4.78 is 0. The number of benzene rings is 1. The zero-order valence-corrected chi connectivity index (χ0v) is 16.0. The molecule has 0 radical (unpaired) electrons. The summed E-state index contributed by atoms with van der Waals surface area (Å²) in [5.41, 5.74) is 3.43. The first-order valence-corrected chi connectivity index (χ1v) is 10.1. The average molecular weight is 341 g/mol. The molecule has 3 heteroatoms. The van der Waals surface area contributed by atoms with Gasteiger partial charge in [-0.3, -0.25) is 4.79 Å². The van der Waals surface area contributed by atoms with Crippen molar-refractivity contribution in [3.8, 4) is 0 Å². The molecular formula is C22H32N2O. The highest BCUT2D eigenvalue weighted by atomic mass is 16.1. The van der Waals surface area contributed by atoms with Gasteiger partial charge in [0, 0.05) is 35.1 Å². The number of nitrogens with zero attached hydrogens (tertiary/aromatic N) is 1. The number of carbonyl (C=O) groups excluding carboxylic acids is 1. The number of rotatable bonds is 7. The summed E-state index contributed by atoms with van der Waals surface area (Å²) in [5.74, 6) is 0.871. The molecule has 1 saturated heterocycles. The van der Waals surface area contributed by atoms with E-state index in [0.29, 0.717) is 12.3 Å². The third-order valence-electron chi connectivity index (χ3n) is 5.94. The Hall–Kier alpha value is -1.61. The van der Waals surface area contributed by atoms with E-state index in [1.54, 1.807) is 0 Å². The van der Waals surface area contributed by atoms with Gasteiger partial charge in [0.1, 0.15) is 0 Å². The summed E-state index contributed by atoms with van der Waals surface area (Å²) in [4.78, 5) is 18.3. The number of nitrogens with one attached hydrogen (secondary N) is 1. The molecule has 3 rings (SSSR count). The van der Waals surface area contributed by atoms with E-state index in [0.717, 1.165) is 23.5 Å². The molecule has 1 N–H and O–H groups in total. The topological polar surface area (TPSA) is 36.1 Å². The molecular weight excluding hydrogens is 308 g/mol. The van der Waals surface area contributed by atoms with Crippen molar-refractivity contribution in [3.05, 3.63) is 35.5 Å². The smallest absolute Gasteiger partial charge is 0.162 e. The summed E-state index contributed by atoms with van der Waals surface area (Å²) in [5, 5.41) is 1.25. The lowest BCUT2D eigenvalue weighted by molar-refractivity contribution is 0.0982. The maximum Gasteiger partial charge on any atom is 0.162 e. The van der Waals surface area contributed by atoms with Crippen LogP contribution in [0.4, 0.5) is 0 Å². The fraction of sp³-hybridized carbons (Fsp3) is 0.591. The van der Waals surface area contributed by atoms with Crippen molar-refractivity contribution >= 4 is 16.7 Å². The minimum atomic E-state index is 0.264. The highest BCUT2D eigenvalue weighted by Crippen LogP contribution is 2.34. The minimum Gasteiger partial charge on any atom is -0.361 e. The first-order valence-electron chi connectivity index (χ1n) is 10.1. The molecule has 1 aromatic heterocycles. The maximum absolute atomic E-state index is 12.3. The van der Waals surface area contributed by atoms with Crippen LogP contribution >= 0.6 is 0 Å². The maximum atomic E-state index is 12.3. The van der Waals surface area contributed by atoms with Crippen LogP contribution in [-0.2, 0) is 0 Å². The van der Waals surface area contributed by atoms with E-state index >= 15 is 0 Å². The van der Waals surface area contributed by atoms with E-state index in [4.69, 9.17) is 0 Å². The predicted octanol–water partition coefficient (Wildman–Crippen LogP) is 5.52.